The van der Waals surface area contributed by atoms with Gasteiger partial charge in [-0.05, 0) is 36.6 Å². The first-order valence-corrected chi connectivity index (χ1v) is 11.9. The van der Waals surface area contributed by atoms with Crippen LogP contribution in [0.5, 0.6) is 0 Å². The molecule has 3 aromatic rings. The summed E-state index contributed by atoms with van der Waals surface area (Å²) in [6, 6.07) is 7.30. The topological polar surface area (TPSA) is 99.0 Å². The van der Waals surface area contributed by atoms with Gasteiger partial charge in [0.15, 0.2) is 0 Å². The molecule has 1 N–H and O–H groups in total. The number of aromatic nitrogens is 2. The molecule has 5 rings (SSSR count). The zero-order valence-electron chi connectivity index (χ0n) is 19.6. The van der Waals surface area contributed by atoms with E-state index >= 15 is 0 Å². The number of piperidine rings is 1. The number of carboxylic acid groups (broad SMARTS) is 1. The van der Waals surface area contributed by atoms with Gasteiger partial charge in [0, 0.05) is 57.6 Å². The maximum atomic E-state index is 13.0. The molecule has 35 heavy (non-hydrogen) atoms. The summed E-state index contributed by atoms with van der Waals surface area (Å²) in [6.07, 6.45) is 4.50. The van der Waals surface area contributed by atoms with Gasteiger partial charge in [0.2, 0.25) is 5.43 Å². The number of urea groups is 1. The summed E-state index contributed by atoms with van der Waals surface area (Å²) < 4.78 is 1.89. The largest absolute Gasteiger partial charge is 0.477 e. The molecule has 0 aliphatic carbocycles. The molecule has 9 nitrogen and oxygen atoms in total. The molecule has 0 bridgehead atoms. The highest BCUT2D eigenvalue weighted by atomic mass is 35.5. The number of hydrogen-bond acceptors (Lipinski definition) is 5. The number of fused-ring (bicyclic) bond motifs is 2. The minimum Gasteiger partial charge on any atom is -0.477 e. The molecular formula is C25H26ClN5O4. The average Bonchev–Trinajstić information content (AvgIpc) is 3.27. The lowest BCUT2D eigenvalue weighted by Crippen LogP contribution is -2.44. The fourth-order valence-electron chi connectivity index (χ4n) is 5.04. The highest BCUT2D eigenvalue weighted by Crippen LogP contribution is 2.36. The van der Waals surface area contributed by atoms with Crippen LogP contribution in [0.1, 0.15) is 40.5 Å². The minimum absolute atomic E-state index is 0.0456. The number of carbonyl (C=O) groups excluding carboxylic acids is 1. The van der Waals surface area contributed by atoms with E-state index < -0.39 is 11.4 Å². The van der Waals surface area contributed by atoms with Crippen molar-refractivity contribution in [2.24, 2.45) is 0 Å². The molecule has 4 heterocycles. The molecule has 2 aliphatic rings. The molecule has 1 fully saturated rings. The van der Waals surface area contributed by atoms with Gasteiger partial charge in [-0.1, -0.05) is 17.7 Å². The van der Waals surface area contributed by atoms with Crippen molar-refractivity contribution < 1.29 is 14.7 Å². The molecule has 0 spiro atoms. The van der Waals surface area contributed by atoms with Gasteiger partial charge in [0.25, 0.3) is 0 Å². The number of nitrogens with zero attached hydrogens (tertiary/aromatic N) is 5. The Morgan fingerprint density at radius 1 is 1.17 bits per heavy atom. The summed E-state index contributed by atoms with van der Waals surface area (Å²) in [6.45, 7) is 2.34. The number of likely N-dealkylation sites (tertiary alicyclic amines) is 1. The van der Waals surface area contributed by atoms with Crippen molar-refractivity contribution in [2.45, 2.75) is 32.0 Å². The predicted molar refractivity (Wildman–Crippen MR) is 133 cm³/mol. The van der Waals surface area contributed by atoms with E-state index in [0.29, 0.717) is 49.6 Å². The van der Waals surface area contributed by atoms with Crippen molar-refractivity contribution in [3.8, 4) is 0 Å². The van der Waals surface area contributed by atoms with Crippen LogP contribution in [-0.4, -0.2) is 63.6 Å². The first kappa shape index (κ1) is 23.2. The molecule has 2 aliphatic heterocycles. The molecule has 2 amide bonds. The van der Waals surface area contributed by atoms with Gasteiger partial charge in [-0.2, -0.15) is 0 Å². The minimum atomic E-state index is -1.27. The van der Waals surface area contributed by atoms with Crippen LogP contribution < -0.4 is 10.3 Å². The van der Waals surface area contributed by atoms with E-state index in [4.69, 9.17) is 11.6 Å². The van der Waals surface area contributed by atoms with E-state index in [0.717, 1.165) is 16.9 Å². The summed E-state index contributed by atoms with van der Waals surface area (Å²) in [5.41, 5.74) is 2.68. The lowest BCUT2D eigenvalue weighted by Gasteiger charge is -2.35. The third-order valence-corrected chi connectivity index (χ3v) is 7.17. The quantitative estimate of drug-likeness (QED) is 0.596. The van der Waals surface area contributed by atoms with Crippen molar-refractivity contribution in [1.29, 1.82) is 0 Å². The third kappa shape index (κ3) is 4.10. The van der Waals surface area contributed by atoms with Crippen LogP contribution in [0.4, 0.5) is 10.5 Å². The average molecular weight is 496 g/mol. The Hall–Kier alpha value is -3.59. The molecule has 1 aromatic carbocycles. The number of anilines is 1. The molecule has 0 unspecified atom stereocenters. The summed E-state index contributed by atoms with van der Waals surface area (Å²) >= 11 is 6.65. The molecule has 182 valence electrons. The second kappa shape index (κ2) is 8.88. The smallest absolute Gasteiger partial charge is 0.341 e. The van der Waals surface area contributed by atoms with Gasteiger partial charge >= 0.3 is 12.0 Å². The Bertz CT molecular complexity index is 1370. The molecule has 0 saturated carbocycles. The Balaban J connectivity index is 1.57. The van der Waals surface area contributed by atoms with Crippen LogP contribution in [0.15, 0.2) is 41.5 Å². The number of hydrogen-bond donors (Lipinski definition) is 1. The fourth-order valence-corrected chi connectivity index (χ4v) is 5.33. The van der Waals surface area contributed by atoms with Crippen LogP contribution in [0, 0.1) is 0 Å². The zero-order valence-corrected chi connectivity index (χ0v) is 20.3. The number of benzene rings is 1. The van der Waals surface area contributed by atoms with Crippen molar-refractivity contribution in [1.82, 2.24) is 19.4 Å². The Morgan fingerprint density at radius 2 is 1.91 bits per heavy atom. The van der Waals surface area contributed by atoms with E-state index in [-0.39, 0.29) is 23.0 Å². The maximum absolute atomic E-state index is 13.0. The predicted octanol–water partition coefficient (Wildman–Crippen LogP) is 3.59. The highest BCUT2D eigenvalue weighted by Gasteiger charge is 2.28. The van der Waals surface area contributed by atoms with Crippen LogP contribution >= 0.6 is 11.6 Å². The van der Waals surface area contributed by atoms with Gasteiger partial charge in [0.05, 0.1) is 28.5 Å². The second-order valence-electron chi connectivity index (χ2n) is 9.27. The number of pyridine rings is 2. The number of halogens is 1. The molecule has 2 aromatic heterocycles. The van der Waals surface area contributed by atoms with E-state index in [1.165, 1.54) is 6.20 Å². The lowest BCUT2D eigenvalue weighted by molar-refractivity contribution is 0.0694. The molecule has 0 atom stereocenters. The molecular weight excluding hydrogens is 470 g/mol. The van der Waals surface area contributed by atoms with Gasteiger partial charge in [0.1, 0.15) is 5.56 Å². The van der Waals surface area contributed by atoms with E-state index in [9.17, 15) is 19.5 Å². The van der Waals surface area contributed by atoms with E-state index in [2.05, 4.69) is 9.88 Å². The van der Waals surface area contributed by atoms with E-state index in [1.54, 1.807) is 36.2 Å². The lowest BCUT2D eigenvalue weighted by atomic mass is 10.0. The van der Waals surface area contributed by atoms with Gasteiger partial charge in [-0.25, -0.2) is 9.59 Å². The van der Waals surface area contributed by atoms with Crippen molar-refractivity contribution in [3.63, 3.8) is 0 Å². The van der Waals surface area contributed by atoms with Crippen molar-refractivity contribution >= 4 is 40.2 Å². The highest BCUT2D eigenvalue weighted by molar-refractivity contribution is 6.34. The standard InChI is InChI=1S/C25H26ClN5O4/c1-28(2)25(35)29-8-5-16(6-9-29)31-13-18(24(33)34)23(32)17-10-19(26)22(11-21(17)31)30-12-15-4-3-7-27-20(15)14-30/h3-4,7,10-11,13,16H,5-6,8-9,12,14H2,1-2H3,(H,33,34). The van der Waals surface area contributed by atoms with Gasteiger partial charge in [-0.15, -0.1) is 0 Å². The molecule has 1 saturated heterocycles. The number of aromatic carboxylic acids is 1. The van der Waals surface area contributed by atoms with Crippen LogP contribution in [-0.2, 0) is 13.1 Å². The second-order valence-corrected chi connectivity index (χ2v) is 9.67. The number of carbonyl (C=O) groups is 2. The van der Waals surface area contributed by atoms with E-state index in [1.807, 2.05) is 22.8 Å². The summed E-state index contributed by atoms with van der Waals surface area (Å²) in [5.74, 6) is -1.27. The summed E-state index contributed by atoms with van der Waals surface area (Å²) in [4.78, 5) is 47.2. The summed E-state index contributed by atoms with van der Waals surface area (Å²) in [7, 11) is 3.44. The third-order valence-electron chi connectivity index (χ3n) is 6.87. The Kier molecular flexibility index (Phi) is 5.88. The van der Waals surface area contributed by atoms with Crippen LogP contribution in [0.3, 0.4) is 0 Å². The van der Waals surface area contributed by atoms with Gasteiger partial charge < -0.3 is 24.4 Å². The molecule has 10 heteroatoms. The SMILES string of the molecule is CN(C)C(=O)N1CCC(n2cc(C(=O)O)c(=O)c3cc(Cl)c(N4Cc5cccnc5C4)cc32)CC1. The summed E-state index contributed by atoms with van der Waals surface area (Å²) in [5, 5.41) is 10.4. The maximum Gasteiger partial charge on any atom is 0.341 e. The fraction of sp³-hybridized carbons (Fsp3) is 0.360. The zero-order chi connectivity index (χ0) is 24.9. The first-order chi connectivity index (χ1) is 16.7. The van der Waals surface area contributed by atoms with Crippen molar-refractivity contribution in [2.75, 3.05) is 32.1 Å². The molecule has 0 radical (unpaired) electrons. The number of rotatable bonds is 3. The van der Waals surface area contributed by atoms with Crippen molar-refractivity contribution in [3.05, 3.63) is 68.7 Å². The monoisotopic (exact) mass is 495 g/mol. The number of amides is 2. The van der Waals surface area contributed by atoms with Gasteiger partial charge in [-0.3, -0.25) is 9.78 Å². The normalized spacial score (nSPS) is 16.0. The Labute approximate surface area is 207 Å². The first-order valence-electron chi connectivity index (χ1n) is 11.5. The van der Waals surface area contributed by atoms with Crippen LogP contribution in [0.2, 0.25) is 5.02 Å². The van der Waals surface area contributed by atoms with Crippen LogP contribution in [0.25, 0.3) is 10.9 Å². The number of carboxylic acids is 1. The Morgan fingerprint density at radius 3 is 2.57 bits per heavy atom.